The van der Waals surface area contributed by atoms with E-state index in [0.29, 0.717) is 11.7 Å². The van der Waals surface area contributed by atoms with Crippen molar-refractivity contribution in [2.75, 3.05) is 6.54 Å². The van der Waals surface area contributed by atoms with Gasteiger partial charge in [-0.15, -0.1) is 11.3 Å². The summed E-state index contributed by atoms with van der Waals surface area (Å²) in [5.74, 6) is -0.118. The lowest BCUT2D eigenvalue weighted by atomic mass is 10.3. The van der Waals surface area contributed by atoms with Crippen LogP contribution in [-0.4, -0.2) is 21.8 Å². The van der Waals surface area contributed by atoms with Crippen molar-refractivity contribution in [1.29, 1.82) is 0 Å². The van der Waals surface area contributed by atoms with Crippen LogP contribution in [0.15, 0.2) is 17.7 Å². The topological polar surface area (TPSA) is 46.4 Å². The fourth-order valence-electron chi connectivity index (χ4n) is 1.39. The Labute approximate surface area is 108 Å². The summed E-state index contributed by atoms with van der Waals surface area (Å²) in [6.07, 6.45) is 5.95. The molecule has 0 fully saturated rings. The van der Waals surface area contributed by atoms with Crippen molar-refractivity contribution in [1.82, 2.24) is 14.7 Å². The van der Waals surface area contributed by atoms with Gasteiger partial charge in [0.15, 0.2) is 10.1 Å². The van der Waals surface area contributed by atoms with Crippen LogP contribution in [0.1, 0.15) is 19.0 Å². The molecule has 2 aromatic rings. The first-order valence-electron chi connectivity index (χ1n) is 5.29. The van der Waals surface area contributed by atoms with Crippen molar-refractivity contribution in [3.63, 3.8) is 0 Å². The average molecular weight is 270 g/mol. The molecule has 2 rings (SSSR count). The maximum atomic E-state index is 11.4. The molecule has 0 saturated carbocycles. The van der Waals surface area contributed by atoms with E-state index in [0.717, 1.165) is 17.1 Å². The van der Waals surface area contributed by atoms with E-state index in [1.165, 1.54) is 17.4 Å². The van der Waals surface area contributed by atoms with Crippen molar-refractivity contribution >= 4 is 39.9 Å². The fraction of sp³-hybridized carbons (Fsp3) is 0.273. The zero-order valence-corrected chi connectivity index (χ0v) is 10.9. The lowest BCUT2D eigenvalue weighted by Gasteiger charge is -1.97. The molecule has 2 aromatic heterocycles. The van der Waals surface area contributed by atoms with Gasteiger partial charge in [0, 0.05) is 24.2 Å². The Hall–Kier alpha value is -1.33. The summed E-state index contributed by atoms with van der Waals surface area (Å²) in [5, 5.41) is 5.10. The first-order chi connectivity index (χ1) is 8.22. The van der Waals surface area contributed by atoms with Crippen LogP contribution in [0.2, 0.25) is 5.15 Å². The molecule has 2 heterocycles. The molecule has 6 heteroatoms. The summed E-state index contributed by atoms with van der Waals surface area (Å²) in [4.78, 5) is 16.4. The predicted molar refractivity (Wildman–Crippen MR) is 70.4 cm³/mol. The fourth-order valence-corrected chi connectivity index (χ4v) is 2.39. The smallest absolute Gasteiger partial charge is 0.244 e. The lowest BCUT2D eigenvalue weighted by molar-refractivity contribution is -0.116. The molecular formula is C11H12ClN3OS. The molecule has 17 heavy (non-hydrogen) atoms. The van der Waals surface area contributed by atoms with E-state index >= 15 is 0 Å². The Morgan fingerprint density at radius 1 is 1.71 bits per heavy atom. The van der Waals surface area contributed by atoms with Gasteiger partial charge >= 0.3 is 0 Å². The number of nitrogens with one attached hydrogen (secondary N) is 1. The van der Waals surface area contributed by atoms with Crippen LogP contribution < -0.4 is 5.32 Å². The van der Waals surface area contributed by atoms with Crippen molar-refractivity contribution in [2.45, 2.75) is 13.3 Å². The van der Waals surface area contributed by atoms with Crippen molar-refractivity contribution in [2.24, 2.45) is 0 Å². The highest BCUT2D eigenvalue weighted by atomic mass is 35.5. The van der Waals surface area contributed by atoms with Gasteiger partial charge in [0.25, 0.3) is 0 Å². The van der Waals surface area contributed by atoms with E-state index in [2.05, 4.69) is 10.3 Å². The van der Waals surface area contributed by atoms with Crippen molar-refractivity contribution < 1.29 is 4.79 Å². The summed E-state index contributed by atoms with van der Waals surface area (Å²) < 4.78 is 1.86. The molecule has 0 aliphatic heterocycles. The van der Waals surface area contributed by atoms with Crippen LogP contribution in [0.25, 0.3) is 11.0 Å². The normalized spacial score (nSPS) is 11.4. The number of fused-ring (bicyclic) bond motifs is 1. The summed E-state index contributed by atoms with van der Waals surface area (Å²) >= 11 is 7.49. The second-order valence-electron chi connectivity index (χ2n) is 3.47. The molecule has 4 nitrogen and oxygen atoms in total. The first-order valence-corrected chi connectivity index (χ1v) is 6.55. The van der Waals surface area contributed by atoms with E-state index < -0.39 is 0 Å². The quantitative estimate of drug-likeness (QED) is 0.868. The standard InChI is InChI=1S/C11H12ClN3OS/c1-2-5-13-9(16)4-3-8-10(12)14-11-15(8)6-7-17-11/h3-4,6-7H,2,5H2,1H3,(H,13,16)/b4-3+. The van der Waals surface area contributed by atoms with Crippen LogP contribution in [0, 0.1) is 0 Å². The number of aromatic nitrogens is 2. The van der Waals surface area contributed by atoms with Crippen LogP contribution in [-0.2, 0) is 4.79 Å². The van der Waals surface area contributed by atoms with Gasteiger partial charge in [-0.1, -0.05) is 18.5 Å². The highest BCUT2D eigenvalue weighted by molar-refractivity contribution is 7.15. The highest BCUT2D eigenvalue weighted by Gasteiger charge is 2.08. The van der Waals surface area contributed by atoms with Gasteiger partial charge < -0.3 is 5.32 Å². The minimum atomic E-state index is -0.118. The molecule has 0 aliphatic rings. The van der Waals surface area contributed by atoms with Crippen molar-refractivity contribution in [3.8, 4) is 0 Å². The molecule has 90 valence electrons. The summed E-state index contributed by atoms with van der Waals surface area (Å²) in [6.45, 7) is 2.68. The minimum absolute atomic E-state index is 0.118. The number of carbonyl (C=O) groups excluding carboxylic acids is 1. The third kappa shape index (κ3) is 2.68. The Kier molecular flexibility index (Phi) is 3.81. The van der Waals surface area contributed by atoms with E-state index in [-0.39, 0.29) is 5.91 Å². The first kappa shape index (κ1) is 12.1. The van der Waals surface area contributed by atoms with Crippen LogP contribution >= 0.6 is 22.9 Å². The van der Waals surface area contributed by atoms with Gasteiger partial charge in [0.1, 0.15) is 0 Å². The molecule has 0 saturated heterocycles. The number of halogens is 1. The van der Waals surface area contributed by atoms with Gasteiger partial charge in [0.05, 0.1) is 5.69 Å². The molecular weight excluding hydrogens is 258 g/mol. The van der Waals surface area contributed by atoms with Crippen molar-refractivity contribution in [3.05, 3.63) is 28.5 Å². The maximum Gasteiger partial charge on any atom is 0.244 e. The van der Waals surface area contributed by atoms with E-state index in [1.54, 1.807) is 6.08 Å². The Bertz CT molecular complexity index is 558. The number of hydrogen-bond donors (Lipinski definition) is 1. The molecule has 0 unspecified atom stereocenters. The number of imidazole rings is 1. The number of nitrogens with zero attached hydrogens (tertiary/aromatic N) is 2. The predicted octanol–water partition coefficient (Wildman–Crippen LogP) is 2.59. The van der Waals surface area contributed by atoms with E-state index in [9.17, 15) is 4.79 Å². The zero-order valence-electron chi connectivity index (χ0n) is 9.31. The van der Waals surface area contributed by atoms with E-state index in [4.69, 9.17) is 11.6 Å². The summed E-state index contributed by atoms with van der Waals surface area (Å²) in [6, 6.07) is 0. The molecule has 1 amide bonds. The molecule has 1 N–H and O–H groups in total. The average Bonchev–Trinajstić information content (AvgIpc) is 2.84. The molecule has 0 aliphatic carbocycles. The second kappa shape index (κ2) is 5.33. The Morgan fingerprint density at radius 2 is 2.53 bits per heavy atom. The Morgan fingerprint density at radius 3 is 3.29 bits per heavy atom. The SMILES string of the molecule is CCCNC(=O)/C=C/c1c(Cl)nc2sccn12. The van der Waals surface area contributed by atoms with Gasteiger partial charge in [-0.3, -0.25) is 9.20 Å². The van der Waals surface area contributed by atoms with Gasteiger partial charge in [0.2, 0.25) is 5.91 Å². The number of carbonyl (C=O) groups is 1. The lowest BCUT2D eigenvalue weighted by Crippen LogP contribution is -2.21. The largest absolute Gasteiger partial charge is 0.353 e. The number of rotatable bonds is 4. The monoisotopic (exact) mass is 269 g/mol. The molecule has 0 bridgehead atoms. The van der Waals surface area contributed by atoms with Crippen LogP contribution in [0.4, 0.5) is 0 Å². The van der Waals surface area contributed by atoms with E-state index in [1.807, 2.05) is 22.9 Å². The third-order valence-corrected chi connectivity index (χ3v) is 3.23. The van der Waals surface area contributed by atoms with Gasteiger partial charge in [-0.05, 0) is 12.5 Å². The summed E-state index contributed by atoms with van der Waals surface area (Å²) in [7, 11) is 0. The molecule has 0 spiro atoms. The van der Waals surface area contributed by atoms with Gasteiger partial charge in [-0.25, -0.2) is 4.98 Å². The Balaban J connectivity index is 2.17. The maximum absolute atomic E-state index is 11.4. The third-order valence-electron chi connectivity index (χ3n) is 2.20. The van der Waals surface area contributed by atoms with Gasteiger partial charge in [-0.2, -0.15) is 0 Å². The molecule has 0 aromatic carbocycles. The molecule has 0 atom stereocenters. The van der Waals surface area contributed by atoms with Crippen LogP contribution in [0.5, 0.6) is 0 Å². The number of thiazole rings is 1. The minimum Gasteiger partial charge on any atom is -0.353 e. The molecule has 0 radical (unpaired) electrons. The van der Waals surface area contributed by atoms with Crippen LogP contribution in [0.3, 0.4) is 0 Å². The highest BCUT2D eigenvalue weighted by Crippen LogP contribution is 2.22. The summed E-state index contributed by atoms with van der Waals surface area (Å²) in [5.41, 5.74) is 0.731. The number of hydrogen-bond acceptors (Lipinski definition) is 3. The zero-order chi connectivity index (χ0) is 12.3. The second-order valence-corrected chi connectivity index (χ2v) is 4.70. The number of amides is 1.